The van der Waals surface area contributed by atoms with Crippen molar-refractivity contribution < 1.29 is 9.90 Å². The summed E-state index contributed by atoms with van der Waals surface area (Å²) in [5.41, 5.74) is 0.812. The number of aliphatic carboxylic acids is 1. The average molecular weight is 304 g/mol. The molecule has 18 heavy (non-hydrogen) atoms. The van der Waals surface area contributed by atoms with Gasteiger partial charge in [-0.1, -0.05) is 22.9 Å². The Morgan fingerprint density at radius 1 is 1.44 bits per heavy atom. The monoisotopic (exact) mass is 303 g/mol. The van der Waals surface area contributed by atoms with Crippen molar-refractivity contribution >= 4 is 40.2 Å². The van der Waals surface area contributed by atoms with Gasteiger partial charge in [-0.15, -0.1) is 11.3 Å². The quantitative estimate of drug-likeness (QED) is 0.923. The lowest BCUT2D eigenvalue weighted by molar-refractivity contribution is -0.137. The molecule has 0 saturated heterocycles. The molecule has 0 amide bonds. The van der Waals surface area contributed by atoms with Gasteiger partial charge in [-0.05, 0) is 18.6 Å². The predicted molar refractivity (Wildman–Crippen MR) is 73.8 cm³/mol. The Morgan fingerprint density at radius 2 is 2.22 bits per heavy atom. The van der Waals surface area contributed by atoms with Crippen LogP contribution in [0.1, 0.15) is 12.8 Å². The van der Waals surface area contributed by atoms with E-state index < -0.39 is 5.97 Å². The average Bonchev–Trinajstić information content (AvgIpc) is 2.86. The van der Waals surface area contributed by atoms with Crippen molar-refractivity contribution in [3.63, 3.8) is 0 Å². The molecule has 2 rings (SSSR count). The fourth-order valence-corrected chi connectivity index (χ4v) is 3.50. The highest BCUT2D eigenvalue weighted by atomic mass is 35.5. The van der Waals surface area contributed by atoms with Crippen LogP contribution in [0.4, 0.5) is 0 Å². The fourth-order valence-electron chi connectivity index (χ4n) is 1.57. The van der Waals surface area contributed by atoms with E-state index in [1.54, 1.807) is 16.0 Å². The van der Waals surface area contributed by atoms with Gasteiger partial charge in [-0.2, -0.15) is 0 Å². The van der Waals surface area contributed by atoms with Crippen molar-refractivity contribution in [2.45, 2.75) is 19.4 Å². The molecule has 0 saturated carbocycles. The zero-order valence-corrected chi connectivity index (χ0v) is 11.6. The molecule has 7 heteroatoms. The summed E-state index contributed by atoms with van der Waals surface area (Å²) in [6.45, 7) is 0.416. The SMILES string of the molecule is O=C(O)CCCn1c(-c2ccc(Cl)s2)csc1=O. The Bertz CT molecular complexity index is 614. The number of thiophene rings is 1. The van der Waals surface area contributed by atoms with Crippen LogP contribution in [0.25, 0.3) is 10.6 Å². The van der Waals surface area contributed by atoms with Gasteiger partial charge in [0.1, 0.15) is 0 Å². The second-order valence-electron chi connectivity index (χ2n) is 3.64. The summed E-state index contributed by atoms with van der Waals surface area (Å²) in [5, 5.41) is 10.4. The zero-order chi connectivity index (χ0) is 13.1. The van der Waals surface area contributed by atoms with Crippen molar-refractivity contribution in [3.05, 3.63) is 31.5 Å². The summed E-state index contributed by atoms with van der Waals surface area (Å²) < 4.78 is 2.27. The Kier molecular flexibility index (Phi) is 4.21. The highest BCUT2D eigenvalue weighted by molar-refractivity contribution is 7.19. The molecule has 0 aliphatic carbocycles. The van der Waals surface area contributed by atoms with E-state index in [1.807, 2.05) is 6.07 Å². The fraction of sp³-hybridized carbons (Fsp3) is 0.273. The Hall–Kier alpha value is -1.11. The molecule has 2 aromatic heterocycles. The van der Waals surface area contributed by atoms with Crippen molar-refractivity contribution in [3.8, 4) is 10.6 Å². The van der Waals surface area contributed by atoms with Gasteiger partial charge in [0.05, 0.1) is 14.9 Å². The lowest BCUT2D eigenvalue weighted by atomic mass is 10.3. The third-order valence-electron chi connectivity index (χ3n) is 2.38. The van der Waals surface area contributed by atoms with E-state index in [0.29, 0.717) is 17.3 Å². The first-order chi connectivity index (χ1) is 8.58. The summed E-state index contributed by atoms with van der Waals surface area (Å²) in [4.78, 5) is 23.0. The summed E-state index contributed by atoms with van der Waals surface area (Å²) in [6.07, 6.45) is 0.505. The molecule has 4 nitrogen and oxygen atoms in total. The molecule has 0 radical (unpaired) electrons. The van der Waals surface area contributed by atoms with Gasteiger partial charge >= 0.3 is 10.8 Å². The summed E-state index contributed by atoms with van der Waals surface area (Å²) in [5.74, 6) is -0.848. The standard InChI is InChI=1S/C11H10ClNO3S2/c12-9-4-3-8(18-9)7-6-17-11(16)13(7)5-1-2-10(14)15/h3-4,6H,1-2,5H2,(H,14,15). The zero-order valence-electron chi connectivity index (χ0n) is 9.26. The van der Waals surface area contributed by atoms with Crippen molar-refractivity contribution in [1.82, 2.24) is 4.57 Å². The molecule has 1 N–H and O–H groups in total. The van der Waals surface area contributed by atoms with E-state index in [1.165, 1.54) is 11.3 Å². The van der Waals surface area contributed by atoms with E-state index in [4.69, 9.17) is 16.7 Å². The van der Waals surface area contributed by atoms with E-state index in [0.717, 1.165) is 21.9 Å². The molecule has 0 aromatic carbocycles. The molecule has 2 aromatic rings. The first kappa shape index (κ1) is 13.3. The number of hydrogen-bond donors (Lipinski definition) is 1. The topological polar surface area (TPSA) is 59.3 Å². The van der Waals surface area contributed by atoms with Gasteiger partial charge in [0.25, 0.3) is 0 Å². The van der Waals surface area contributed by atoms with Gasteiger partial charge in [0.2, 0.25) is 0 Å². The van der Waals surface area contributed by atoms with Crippen molar-refractivity contribution in [1.29, 1.82) is 0 Å². The number of rotatable bonds is 5. The van der Waals surface area contributed by atoms with Crippen LogP contribution in [0, 0.1) is 0 Å². The van der Waals surface area contributed by atoms with E-state index in [2.05, 4.69) is 0 Å². The van der Waals surface area contributed by atoms with Gasteiger partial charge in [-0.25, -0.2) is 0 Å². The minimum absolute atomic E-state index is 0.0624. The number of carboxylic acids is 1. The van der Waals surface area contributed by atoms with Crippen LogP contribution in [0.2, 0.25) is 4.34 Å². The molecule has 0 atom stereocenters. The normalized spacial score (nSPS) is 10.7. The highest BCUT2D eigenvalue weighted by Gasteiger charge is 2.11. The molecular formula is C11H10ClNO3S2. The first-order valence-corrected chi connectivity index (χ1v) is 7.31. The van der Waals surface area contributed by atoms with Gasteiger partial charge in [0, 0.05) is 18.3 Å². The van der Waals surface area contributed by atoms with Crippen LogP contribution in [0.3, 0.4) is 0 Å². The van der Waals surface area contributed by atoms with Gasteiger partial charge in [0.15, 0.2) is 0 Å². The van der Waals surface area contributed by atoms with Gasteiger partial charge < -0.3 is 5.11 Å². The van der Waals surface area contributed by atoms with Crippen molar-refractivity contribution in [2.75, 3.05) is 0 Å². The third-order valence-corrected chi connectivity index (χ3v) is 4.40. The Morgan fingerprint density at radius 3 is 2.83 bits per heavy atom. The number of carbonyl (C=O) groups is 1. The van der Waals surface area contributed by atoms with Crippen molar-refractivity contribution in [2.24, 2.45) is 0 Å². The first-order valence-electron chi connectivity index (χ1n) is 5.24. The highest BCUT2D eigenvalue weighted by Crippen LogP contribution is 2.31. The lowest BCUT2D eigenvalue weighted by Gasteiger charge is -2.04. The van der Waals surface area contributed by atoms with E-state index in [9.17, 15) is 9.59 Å². The number of halogens is 1. The van der Waals surface area contributed by atoms with Crippen LogP contribution in [-0.4, -0.2) is 15.6 Å². The number of aromatic nitrogens is 1. The second kappa shape index (κ2) is 5.69. The smallest absolute Gasteiger partial charge is 0.307 e. The molecule has 96 valence electrons. The summed E-state index contributed by atoms with van der Waals surface area (Å²) in [7, 11) is 0. The molecule has 2 heterocycles. The largest absolute Gasteiger partial charge is 0.481 e. The Balaban J connectivity index is 2.22. The summed E-state index contributed by atoms with van der Waals surface area (Å²) >= 11 is 8.39. The molecule has 0 fully saturated rings. The van der Waals surface area contributed by atoms with Gasteiger partial charge in [-0.3, -0.25) is 14.2 Å². The molecular weight excluding hydrogens is 294 g/mol. The van der Waals surface area contributed by atoms with Crippen LogP contribution in [-0.2, 0) is 11.3 Å². The predicted octanol–water partition coefficient (Wildman–Crippen LogP) is 3.16. The second-order valence-corrected chi connectivity index (χ2v) is 6.18. The molecule has 0 spiro atoms. The van der Waals surface area contributed by atoms with E-state index in [-0.39, 0.29) is 11.3 Å². The van der Waals surface area contributed by atoms with Crippen LogP contribution >= 0.6 is 34.3 Å². The molecule has 0 bridgehead atoms. The minimum atomic E-state index is -0.848. The lowest BCUT2D eigenvalue weighted by Crippen LogP contribution is -2.14. The maximum absolute atomic E-state index is 11.7. The maximum Gasteiger partial charge on any atom is 0.307 e. The maximum atomic E-state index is 11.7. The van der Waals surface area contributed by atoms with Crippen LogP contribution in [0.15, 0.2) is 22.3 Å². The number of thiazole rings is 1. The van der Waals surface area contributed by atoms with E-state index >= 15 is 0 Å². The number of nitrogens with zero attached hydrogens (tertiary/aromatic N) is 1. The third kappa shape index (κ3) is 3.01. The Labute approximate surface area is 116 Å². The number of carboxylic acid groups (broad SMARTS) is 1. The molecule has 0 unspecified atom stereocenters. The molecule has 0 aliphatic rings. The number of hydrogen-bond acceptors (Lipinski definition) is 4. The summed E-state index contributed by atoms with van der Waals surface area (Å²) in [6, 6.07) is 3.65. The molecule has 0 aliphatic heterocycles. The minimum Gasteiger partial charge on any atom is -0.481 e. The van der Waals surface area contributed by atoms with Crippen LogP contribution < -0.4 is 4.87 Å². The van der Waals surface area contributed by atoms with Crippen LogP contribution in [0.5, 0.6) is 0 Å².